The summed E-state index contributed by atoms with van der Waals surface area (Å²) in [4.78, 5) is 21.9. The average Bonchev–Trinajstić information content (AvgIpc) is 2.12. The summed E-state index contributed by atoms with van der Waals surface area (Å²) in [6.45, 7) is 2.15. The number of hydrogen-bond acceptors (Lipinski definition) is 3. The summed E-state index contributed by atoms with van der Waals surface area (Å²) in [6, 6.07) is 0. The van der Waals surface area contributed by atoms with E-state index in [1.54, 1.807) is 6.92 Å². The molecule has 0 spiro atoms. The Balaban J connectivity index is 3.40. The molecule has 0 aromatic carbocycles. The van der Waals surface area contributed by atoms with Gasteiger partial charge in [-0.05, 0) is 17.8 Å². The molecule has 76 valence electrons. The molecule has 0 aromatic heterocycles. The van der Waals surface area contributed by atoms with Crippen LogP contribution in [-0.4, -0.2) is 22.8 Å². The largest absolute Gasteiger partial charge is 0.466 e. The molecule has 0 rings (SSSR count). The van der Waals surface area contributed by atoms with Crippen molar-refractivity contribution < 1.29 is 14.3 Å². The lowest BCUT2D eigenvalue weighted by molar-refractivity contribution is -0.144. The molecular weight excluding hydrogens is 283 g/mol. The molecule has 0 amide bonds. The first-order valence-corrected chi connectivity index (χ1v) is 5.96. The first-order chi connectivity index (χ1) is 6.20. The Kier molecular flexibility index (Phi) is 8.38. The molecule has 0 aliphatic carbocycles. The maximum atomic E-state index is 11.1. The van der Waals surface area contributed by atoms with Crippen molar-refractivity contribution in [1.29, 1.82) is 0 Å². The zero-order valence-corrected chi connectivity index (χ0v) is 10.0. The van der Waals surface area contributed by atoms with Crippen molar-refractivity contribution in [2.24, 2.45) is 0 Å². The van der Waals surface area contributed by atoms with E-state index >= 15 is 0 Å². The van der Waals surface area contributed by atoms with Gasteiger partial charge < -0.3 is 4.74 Å². The fraction of sp³-hybridized carbons (Fsp3) is 0.778. The van der Waals surface area contributed by atoms with Crippen LogP contribution in [0.4, 0.5) is 0 Å². The maximum Gasteiger partial charge on any atom is 0.306 e. The van der Waals surface area contributed by atoms with Crippen LogP contribution in [0.15, 0.2) is 0 Å². The number of carbonyl (C=O) groups is 2. The third-order valence-electron chi connectivity index (χ3n) is 1.50. The number of hydrogen-bond donors (Lipinski definition) is 0. The third kappa shape index (κ3) is 8.21. The predicted octanol–water partition coefficient (Wildman–Crippen LogP) is 2.11. The van der Waals surface area contributed by atoms with E-state index in [1.807, 2.05) is 0 Å². The van der Waals surface area contributed by atoms with Gasteiger partial charge in [0.15, 0.2) is 0 Å². The fourth-order valence-electron chi connectivity index (χ4n) is 0.864. The Morgan fingerprint density at radius 1 is 1.23 bits per heavy atom. The number of ether oxygens (including phenoxy) is 1. The number of alkyl halides is 1. The van der Waals surface area contributed by atoms with Gasteiger partial charge in [0.1, 0.15) is 5.78 Å². The topological polar surface area (TPSA) is 43.4 Å². The summed E-state index contributed by atoms with van der Waals surface area (Å²) in [5.41, 5.74) is 0. The highest BCUT2D eigenvalue weighted by molar-refractivity contribution is 14.1. The summed E-state index contributed by atoms with van der Waals surface area (Å²) in [6.07, 6.45) is 2.05. The van der Waals surface area contributed by atoms with Crippen molar-refractivity contribution in [1.82, 2.24) is 0 Å². The van der Waals surface area contributed by atoms with Crippen LogP contribution in [0.25, 0.3) is 0 Å². The van der Waals surface area contributed by atoms with Gasteiger partial charge in [-0.3, -0.25) is 9.59 Å². The standard InChI is InChI=1S/C9H15IO3/c1-2-13-9(12)6-5-8(11)4-3-7-10/h2-7H2,1H3. The average molecular weight is 298 g/mol. The van der Waals surface area contributed by atoms with E-state index in [-0.39, 0.29) is 18.2 Å². The highest BCUT2D eigenvalue weighted by atomic mass is 127. The van der Waals surface area contributed by atoms with E-state index in [1.165, 1.54) is 0 Å². The molecule has 0 saturated heterocycles. The Bertz CT molecular complexity index is 168. The minimum atomic E-state index is -0.273. The zero-order chi connectivity index (χ0) is 10.1. The smallest absolute Gasteiger partial charge is 0.306 e. The van der Waals surface area contributed by atoms with Gasteiger partial charge in [-0.25, -0.2) is 0 Å². The van der Waals surface area contributed by atoms with Crippen molar-refractivity contribution in [2.75, 3.05) is 11.0 Å². The second-order valence-electron chi connectivity index (χ2n) is 2.64. The number of halogens is 1. The minimum Gasteiger partial charge on any atom is -0.466 e. The fourth-order valence-corrected chi connectivity index (χ4v) is 1.25. The van der Waals surface area contributed by atoms with Crippen LogP contribution in [-0.2, 0) is 14.3 Å². The van der Waals surface area contributed by atoms with E-state index in [0.717, 1.165) is 10.8 Å². The Morgan fingerprint density at radius 2 is 1.92 bits per heavy atom. The minimum absolute atomic E-state index is 0.157. The van der Waals surface area contributed by atoms with E-state index in [2.05, 4.69) is 22.6 Å². The Hall–Kier alpha value is -0.130. The van der Waals surface area contributed by atoms with Crippen LogP contribution in [0.2, 0.25) is 0 Å². The molecule has 0 N–H and O–H groups in total. The molecular formula is C9H15IO3. The van der Waals surface area contributed by atoms with Crippen LogP contribution in [0.5, 0.6) is 0 Å². The summed E-state index contributed by atoms with van der Waals surface area (Å²) < 4.78 is 5.69. The van der Waals surface area contributed by atoms with Gasteiger partial charge in [-0.2, -0.15) is 0 Å². The van der Waals surface area contributed by atoms with E-state index < -0.39 is 0 Å². The summed E-state index contributed by atoms with van der Waals surface area (Å²) in [7, 11) is 0. The monoisotopic (exact) mass is 298 g/mol. The quantitative estimate of drug-likeness (QED) is 0.411. The molecule has 0 fully saturated rings. The summed E-state index contributed by atoms with van der Waals surface area (Å²) in [5.74, 6) is -0.116. The molecule has 0 heterocycles. The second-order valence-corrected chi connectivity index (χ2v) is 3.71. The molecule has 4 heteroatoms. The molecule has 0 unspecified atom stereocenters. The Morgan fingerprint density at radius 3 is 2.46 bits per heavy atom. The number of rotatable bonds is 7. The highest BCUT2D eigenvalue weighted by Gasteiger charge is 2.06. The lowest BCUT2D eigenvalue weighted by atomic mass is 10.1. The second kappa shape index (κ2) is 8.47. The van der Waals surface area contributed by atoms with Gasteiger partial charge >= 0.3 is 5.97 Å². The number of esters is 1. The molecule has 0 atom stereocenters. The van der Waals surface area contributed by atoms with Gasteiger partial charge in [0.25, 0.3) is 0 Å². The Labute approximate surface area is 92.4 Å². The molecule has 0 aliphatic heterocycles. The van der Waals surface area contributed by atoms with Crippen LogP contribution >= 0.6 is 22.6 Å². The first-order valence-electron chi connectivity index (χ1n) is 4.44. The van der Waals surface area contributed by atoms with Gasteiger partial charge in [-0.1, -0.05) is 22.6 Å². The summed E-state index contributed by atoms with van der Waals surface area (Å²) >= 11 is 2.23. The van der Waals surface area contributed by atoms with Crippen molar-refractivity contribution in [3.05, 3.63) is 0 Å². The van der Waals surface area contributed by atoms with Crippen molar-refractivity contribution in [3.8, 4) is 0 Å². The number of carbonyl (C=O) groups excluding carboxylic acids is 2. The van der Waals surface area contributed by atoms with Crippen LogP contribution in [0, 0.1) is 0 Å². The number of ketones is 1. The zero-order valence-electron chi connectivity index (χ0n) is 7.85. The van der Waals surface area contributed by atoms with Crippen LogP contribution in [0.1, 0.15) is 32.6 Å². The molecule has 0 aliphatic rings. The van der Waals surface area contributed by atoms with Gasteiger partial charge in [0.2, 0.25) is 0 Å². The lowest BCUT2D eigenvalue weighted by Gasteiger charge is -2.00. The van der Waals surface area contributed by atoms with Gasteiger partial charge in [0, 0.05) is 12.8 Å². The van der Waals surface area contributed by atoms with Gasteiger partial charge in [0.05, 0.1) is 13.0 Å². The SMILES string of the molecule is CCOC(=O)CCC(=O)CCCI. The highest BCUT2D eigenvalue weighted by Crippen LogP contribution is 2.02. The molecule has 0 radical (unpaired) electrons. The predicted molar refractivity (Wildman–Crippen MR) is 59.0 cm³/mol. The molecule has 0 bridgehead atoms. The molecule has 0 aromatic rings. The number of Topliss-reactive ketones (excluding diaryl/α,β-unsaturated/α-hetero) is 1. The van der Waals surface area contributed by atoms with Crippen molar-refractivity contribution >= 4 is 34.3 Å². The van der Waals surface area contributed by atoms with E-state index in [0.29, 0.717) is 19.4 Å². The molecule has 3 nitrogen and oxygen atoms in total. The lowest BCUT2D eigenvalue weighted by Crippen LogP contribution is -2.07. The third-order valence-corrected chi connectivity index (χ3v) is 2.27. The van der Waals surface area contributed by atoms with Crippen molar-refractivity contribution in [3.63, 3.8) is 0 Å². The van der Waals surface area contributed by atoms with Gasteiger partial charge in [-0.15, -0.1) is 0 Å². The summed E-state index contributed by atoms with van der Waals surface area (Å²) in [5, 5.41) is 0. The maximum absolute atomic E-state index is 11.1. The first kappa shape index (κ1) is 12.9. The van der Waals surface area contributed by atoms with Crippen molar-refractivity contribution in [2.45, 2.75) is 32.6 Å². The molecule has 0 saturated carbocycles. The normalized spacial score (nSPS) is 9.69. The molecule has 13 heavy (non-hydrogen) atoms. The van der Waals surface area contributed by atoms with E-state index in [9.17, 15) is 9.59 Å². The van der Waals surface area contributed by atoms with Crippen LogP contribution in [0.3, 0.4) is 0 Å². The van der Waals surface area contributed by atoms with Crippen LogP contribution < -0.4 is 0 Å². The van der Waals surface area contributed by atoms with E-state index in [4.69, 9.17) is 4.74 Å².